The summed E-state index contributed by atoms with van der Waals surface area (Å²) in [6.45, 7) is 4.66. The molecule has 2 fully saturated rings. The van der Waals surface area contributed by atoms with Gasteiger partial charge >= 0.3 is 0 Å². The maximum atomic E-state index is 3.56. The zero-order valence-electron chi connectivity index (χ0n) is 11.9. The average molecular weight is 258 g/mol. The maximum Gasteiger partial charge on any atom is 0.0366 e. The van der Waals surface area contributed by atoms with E-state index in [4.69, 9.17) is 0 Å². The summed E-state index contributed by atoms with van der Waals surface area (Å²) in [6.07, 6.45) is 8.45. The highest BCUT2D eigenvalue weighted by Crippen LogP contribution is 2.33. The largest absolute Gasteiger partial charge is 0.372 e. The first-order valence-corrected chi connectivity index (χ1v) is 7.96. The first-order chi connectivity index (χ1) is 9.42. The van der Waals surface area contributed by atoms with Crippen LogP contribution in [0.2, 0.25) is 0 Å². The van der Waals surface area contributed by atoms with Gasteiger partial charge in [-0.3, -0.25) is 0 Å². The second-order valence-corrected chi connectivity index (χ2v) is 6.12. The molecule has 0 unspecified atom stereocenters. The van der Waals surface area contributed by atoms with Crippen LogP contribution in [0, 0.1) is 5.92 Å². The smallest absolute Gasteiger partial charge is 0.0366 e. The summed E-state index contributed by atoms with van der Waals surface area (Å²) < 4.78 is 0. The van der Waals surface area contributed by atoms with E-state index >= 15 is 0 Å². The SMILES string of the molecule is c1cc(N2CCCC2)ccc1CNCCCC1CC1. The zero-order chi connectivity index (χ0) is 12.9. The number of anilines is 1. The molecule has 19 heavy (non-hydrogen) atoms. The zero-order valence-corrected chi connectivity index (χ0v) is 11.9. The molecule has 0 aromatic heterocycles. The van der Waals surface area contributed by atoms with Gasteiger partial charge in [-0.1, -0.05) is 25.0 Å². The summed E-state index contributed by atoms with van der Waals surface area (Å²) in [7, 11) is 0. The van der Waals surface area contributed by atoms with Crippen molar-refractivity contribution >= 4 is 5.69 Å². The van der Waals surface area contributed by atoms with Gasteiger partial charge in [-0.2, -0.15) is 0 Å². The summed E-state index contributed by atoms with van der Waals surface area (Å²) in [6, 6.07) is 9.13. The Balaban J connectivity index is 1.38. The lowest BCUT2D eigenvalue weighted by Crippen LogP contribution is -2.18. The Bertz CT molecular complexity index is 375. The molecule has 104 valence electrons. The highest BCUT2D eigenvalue weighted by molar-refractivity contribution is 5.48. The number of benzene rings is 1. The molecular weight excluding hydrogens is 232 g/mol. The van der Waals surface area contributed by atoms with Crippen molar-refractivity contribution in [3.63, 3.8) is 0 Å². The Hall–Kier alpha value is -1.02. The summed E-state index contributed by atoms with van der Waals surface area (Å²) in [4.78, 5) is 2.49. The lowest BCUT2D eigenvalue weighted by molar-refractivity contribution is 0.594. The molecule has 0 radical (unpaired) electrons. The van der Waals surface area contributed by atoms with E-state index in [2.05, 4.69) is 34.5 Å². The Labute approximate surface area is 117 Å². The molecule has 1 aromatic rings. The predicted molar refractivity (Wildman–Crippen MR) is 81.6 cm³/mol. The van der Waals surface area contributed by atoms with Crippen LogP contribution in [0.5, 0.6) is 0 Å². The van der Waals surface area contributed by atoms with E-state index in [1.54, 1.807) is 0 Å². The normalized spacial score (nSPS) is 19.1. The van der Waals surface area contributed by atoms with Gasteiger partial charge in [-0.25, -0.2) is 0 Å². The molecule has 1 saturated carbocycles. The van der Waals surface area contributed by atoms with E-state index < -0.39 is 0 Å². The van der Waals surface area contributed by atoms with Crippen LogP contribution in [0.25, 0.3) is 0 Å². The predicted octanol–water partition coefficient (Wildman–Crippen LogP) is 3.57. The monoisotopic (exact) mass is 258 g/mol. The topological polar surface area (TPSA) is 15.3 Å². The third-order valence-electron chi connectivity index (χ3n) is 4.40. The van der Waals surface area contributed by atoms with Crippen LogP contribution in [0.15, 0.2) is 24.3 Å². The van der Waals surface area contributed by atoms with Crippen molar-refractivity contribution < 1.29 is 0 Å². The summed E-state index contributed by atoms with van der Waals surface area (Å²) in [5.41, 5.74) is 2.81. The molecule has 0 atom stereocenters. The molecule has 2 heteroatoms. The second kappa shape index (κ2) is 6.42. The molecule has 2 aliphatic rings. The van der Waals surface area contributed by atoms with Gasteiger partial charge in [-0.15, -0.1) is 0 Å². The van der Waals surface area contributed by atoms with E-state index in [1.165, 1.54) is 69.4 Å². The van der Waals surface area contributed by atoms with Gasteiger partial charge in [0.25, 0.3) is 0 Å². The van der Waals surface area contributed by atoms with Gasteiger partial charge in [0.15, 0.2) is 0 Å². The fraction of sp³-hybridized carbons (Fsp3) is 0.647. The summed E-state index contributed by atoms with van der Waals surface area (Å²) in [5, 5.41) is 3.56. The average Bonchev–Trinajstić information content (AvgIpc) is 3.11. The fourth-order valence-corrected chi connectivity index (χ4v) is 2.95. The number of rotatable bonds is 7. The van der Waals surface area contributed by atoms with E-state index in [1.807, 2.05) is 0 Å². The first-order valence-electron chi connectivity index (χ1n) is 7.96. The van der Waals surface area contributed by atoms with Gasteiger partial charge in [-0.05, 0) is 55.8 Å². The van der Waals surface area contributed by atoms with Crippen molar-refractivity contribution in [2.75, 3.05) is 24.5 Å². The van der Waals surface area contributed by atoms with Crippen molar-refractivity contribution in [2.24, 2.45) is 5.92 Å². The third kappa shape index (κ3) is 3.97. The standard InChI is InChI=1S/C17H26N2/c1-2-13-19(12-1)17-9-7-16(8-10-17)14-18-11-3-4-15-5-6-15/h7-10,15,18H,1-6,11-14H2. The minimum Gasteiger partial charge on any atom is -0.372 e. The molecule has 1 saturated heterocycles. The maximum absolute atomic E-state index is 3.56. The van der Waals surface area contributed by atoms with Gasteiger partial charge in [0.2, 0.25) is 0 Å². The molecule has 1 aliphatic carbocycles. The molecule has 1 aromatic carbocycles. The molecule has 0 bridgehead atoms. The summed E-state index contributed by atoms with van der Waals surface area (Å²) >= 11 is 0. The van der Waals surface area contributed by atoms with E-state index in [0.29, 0.717) is 0 Å². The van der Waals surface area contributed by atoms with E-state index in [0.717, 1.165) is 12.5 Å². The van der Waals surface area contributed by atoms with Crippen LogP contribution in [0.3, 0.4) is 0 Å². The summed E-state index contributed by atoms with van der Waals surface area (Å²) in [5.74, 6) is 1.07. The van der Waals surface area contributed by atoms with Crippen LogP contribution < -0.4 is 10.2 Å². The molecular formula is C17H26N2. The van der Waals surface area contributed by atoms with Gasteiger partial charge in [0.05, 0.1) is 0 Å². The van der Waals surface area contributed by atoms with E-state index in [9.17, 15) is 0 Å². The molecule has 0 spiro atoms. The second-order valence-electron chi connectivity index (χ2n) is 6.12. The molecule has 1 N–H and O–H groups in total. The highest BCUT2D eigenvalue weighted by atomic mass is 15.1. The minimum absolute atomic E-state index is 1.02. The first kappa shape index (κ1) is 13.0. The van der Waals surface area contributed by atoms with Crippen molar-refractivity contribution in [1.29, 1.82) is 0 Å². The number of nitrogens with zero attached hydrogens (tertiary/aromatic N) is 1. The Morgan fingerprint density at radius 2 is 1.79 bits per heavy atom. The lowest BCUT2D eigenvalue weighted by atomic mass is 10.2. The van der Waals surface area contributed by atoms with Crippen molar-refractivity contribution in [2.45, 2.75) is 45.1 Å². The van der Waals surface area contributed by atoms with Crippen LogP contribution in [0.1, 0.15) is 44.1 Å². The fourth-order valence-electron chi connectivity index (χ4n) is 2.95. The quantitative estimate of drug-likeness (QED) is 0.752. The Morgan fingerprint density at radius 3 is 2.47 bits per heavy atom. The van der Waals surface area contributed by atoms with Crippen molar-refractivity contribution in [3.8, 4) is 0 Å². The van der Waals surface area contributed by atoms with Gasteiger partial charge in [0.1, 0.15) is 0 Å². The van der Waals surface area contributed by atoms with E-state index in [-0.39, 0.29) is 0 Å². The highest BCUT2D eigenvalue weighted by Gasteiger charge is 2.19. The molecule has 1 aliphatic heterocycles. The molecule has 3 rings (SSSR count). The molecule has 0 amide bonds. The van der Waals surface area contributed by atoms with Crippen molar-refractivity contribution in [1.82, 2.24) is 5.32 Å². The van der Waals surface area contributed by atoms with Crippen molar-refractivity contribution in [3.05, 3.63) is 29.8 Å². The Morgan fingerprint density at radius 1 is 1.05 bits per heavy atom. The Kier molecular flexibility index (Phi) is 4.39. The van der Waals surface area contributed by atoms with Crippen LogP contribution in [-0.2, 0) is 6.54 Å². The van der Waals surface area contributed by atoms with Gasteiger partial charge < -0.3 is 10.2 Å². The number of hydrogen-bond donors (Lipinski definition) is 1. The number of nitrogens with one attached hydrogen (secondary N) is 1. The molecule has 2 nitrogen and oxygen atoms in total. The van der Waals surface area contributed by atoms with Crippen LogP contribution in [-0.4, -0.2) is 19.6 Å². The third-order valence-corrected chi connectivity index (χ3v) is 4.40. The minimum atomic E-state index is 1.02. The number of hydrogen-bond acceptors (Lipinski definition) is 2. The van der Waals surface area contributed by atoms with Gasteiger partial charge in [0, 0.05) is 25.3 Å². The molecule has 1 heterocycles. The van der Waals surface area contributed by atoms with Crippen LogP contribution in [0.4, 0.5) is 5.69 Å². The van der Waals surface area contributed by atoms with Crippen LogP contribution >= 0.6 is 0 Å². The lowest BCUT2D eigenvalue weighted by Gasteiger charge is -2.17.